The van der Waals surface area contributed by atoms with Crippen LogP contribution in [0.2, 0.25) is 0 Å². The molecule has 0 radical (unpaired) electrons. The van der Waals surface area contributed by atoms with Crippen molar-refractivity contribution in [1.82, 2.24) is 4.90 Å². The van der Waals surface area contributed by atoms with E-state index in [1.54, 1.807) is 0 Å². The van der Waals surface area contributed by atoms with Gasteiger partial charge in [0.25, 0.3) is 0 Å². The van der Waals surface area contributed by atoms with Gasteiger partial charge in [-0.15, -0.1) is 0 Å². The fraction of sp³-hybridized carbons (Fsp3) is 0.529. The van der Waals surface area contributed by atoms with Crippen LogP contribution in [0.25, 0.3) is 0 Å². The van der Waals surface area contributed by atoms with E-state index in [0.717, 1.165) is 4.90 Å². The molecule has 2 unspecified atom stereocenters. The molecule has 1 aliphatic rings. The lowest BCUT2D eigenvalue weighted by Gasteiger charge is -2.28. The summed E-state index contributed by atoms with van der Waals surface area (Å²) in [7, 11) is -4.69. The number of amides is 1. The summed E-state index contributed by atoms with van der Waals surface area (Å²) in [5, 5.41) is 7.79. The number of halogens is 4. The van der Waals surface area contributed by atoms with Gasteiger partial charge in [-0.1, -0.05) is 20.8 Å². The number of hydrogen-bond donors (Lipinski definition) is 1. The summed E-state index contributed by atoms with van der Waals surface area (Å²) in [5.41, 5.74) is -2.68. The maximum Gasteiger partial charge on any atom is 0.417 e. The van der Waals surface area contributed by atoms with E-state index in [9.17, 15) is 40.7 Å². The predicted octanol–water partition coefficient (Wildman–Crippen LogP) is 2.72. The minimum absolute atomic E-state index is 0.0780. The van der Waals surface area contributed by atoms with Gasteiger partial charge in [0.15, 0.2) is 9.84 Å². The SMILES string of the molecule is CC(C)(C)C(=O)N1CC(S(=O)(=O)c2ccc(F)cc2C(F)(F)F)CC1C(=O)O. The van der Waals surface area contributed by atoms with Crippen LogP contribution in [0.3, 0.4) is 0 Å². The third-order valence-corrected chi connectivity index (χ3v) is 6.63. The average Bonchev–Trinajstić information content (AvgIpc) is 2.98. The minimum Gasteiger partial charge on any atom is -0.480 e. The van der Waals surface area contributed by atoms with Crippen molar-refractivity contribution in [3.8, 4) is 0 Å². The van der Waals surface area contributed by atoms with Crippen LogP contribution >= 0.6 is 0 Å². The van der Waals surface area contributed by atoms with Gasteiger partial charge in [0.2, 0.25) is 5.91 Å². The lowest BCUT2D eigenvalue weighted by molar-refractivity contribution is -0.151. The minimum atomic E-state index is -5.13. The van der Waals surface area contributed by atoms with Crippen LogP contribution in [0.4, 0.5) is 17.6 Å². The second kappa shape index (κ2) is 7.02. The standard InChI is InChI=1S/C17H19F4NO5S/c1-16(2,3)15(25)22-8-10(7-12(22)14(23)24)28(26,27)13-5-4-9(18)6-11(13)17(19,20)21/h4-6,10,12H,7-8H2,1-3H3,(H,23,24). The molecule has 1 fully saturated rings. The number of rotatable bonds is 3. The Morgan fingerprint density at radius 3 is 2.21 bits per heavy atom. The van der Waals surface area contributed by atoms with Gasteiger partial charge in [-0.25, -0.2) is 17.6 Å². The molecule has 1 N–H and O–H groups in total. The summed E-state index contributed by atoms with van der Waals surface area (Å²) < 4.78 is 78.6. The highest BCUT2D eigenvalue weighted by atomic mass is 32.2. The van der Waals surface area contributed by atoms with Crippen molar-refractivity contribution in [2.75, 3.05) is 6.54 Å². The quantitative estimate of drug-likeness (QED) is 0.594. The molecule has 1 aromatic rings. The first-order valence-corrected chi connectivity index (χ1v) is 9.76. The van der Waals surface area contributed by atoms with Gasteiger partial charge in [-0.05, 0) is 24.6 Å². The summed E-state index contributed by atoms with van der Waals surface area (Å²) >= 11 is 0. The summed E-state index contributed by atoms with van der Waals surface area (Å²) in [5.74, 6) is -3.34. The van der Waals surface area contributed by atoms with Crippen molar-refractivity contribution >= 4 is 21.7 Å². The highest BCUT2D eigenvalue weighted by Gasteiger charge is 2.49. The Bertz CT molecular complexity index is 905. The molecular formula is C17H19F4NO5S. The molecule has 2 rings (SSSR count). The molecule has 0 bridgehead atoms. The monoisotopic (exact) mass is 425 g/mol. The maximum atomic E-state index is 13.3. The number of sulfone groups is 1. The normalized spacial score (nSPS) is 21.0. The molecule has 1 aromatic carbocycles. The molecule has 1 heterocycles. The second-order valence-corrected chi connectivity index (χ2v) is 9.80. The molecule has 0 aromatic heterocycles. The van der Waals surface area contributed by atoms with E-state index in [1.165, 1.54) is 20.8 Å². The number of aliphatic carboxylic acids is 1. The Labute approximate surface area is 159 Å². The van der Waals surface area contributed by atoms with Gasteiger partial charge in [-0.2, -0.15) is 13.2 Å². The average molecular weight is 425 g/mol. The predicted molar refractivity (Wildman–Crippen MR) is 89.6 cm³/mol. The van der Waals surface area contributed by atoms with Gasteiger partial charge in [0, 0.05) is 12.0 Å². The molecule has 11 heteroatoms. The smallest absolute Gasteiger partial charge is 0.417 e. The molecule has 1 amide bonds. The van der Waals surface area contributed by atoms with Crippen LogP contribution in [0.1, 0.15) is 32.8 Å². The zero-order valence-electron chi connectivity index (χ0n) is 15.2. The highest BCUT2D eigenvalue weighted by Crippen LogP contribution is 2.38. The zero-order chi connectivity index (χ0) is 21.7. The van der Waals surface area contributed by atoms with Gasteiger partial charge in [0.1, 0.15) is 11.9 Å². The van der Waals surface area contributed by atoms with Crippen molar-refractivity contribution < 1.29 is 40.7 Å². The Balaban J connectivity index is 2.51. The molecule has 2 atom stereocenters. The molecule has 6 nitrogen and oxygen atoms in total. The van der Waals surface area contributed by atoms with Crippen LogP contribution in [-0.2, 0) is 25.6 Å². The number of carboxylic acid groups (broad SMARTS) is 1. The fourth-order valence-electron chi connectivity index (χ4n) is 3.06. The number of hydrogen-bond acceptors (Lipinski definition) is 4. The number of carboxylic acids is 1. The van der Waals surface area contributed by atoms with E-state index in [1.807, 2.05) is 0 Å². The van der Waals surface area contributed by atoms with E-state index < -0.39 is 73.8 Å². The van der Waals surface area contributed by atoms with Gasteiger partial charge in [0.05, 0.1) is 15.7 Å². The summed E-state index contributed by atoms with van der Waals surface area (Å²) in [4.78, 5) is 23.7. The summed E-state index contributed by atoms with van der Waals surface area (Å²) in [6.07, 6.45) is -5.69. The lowest BCUT2D eigenvalue weighted by Crippen LogP contribution is -2.46. The van der Waals surface area contributed by atoms with Gasteiger partial charge >= 0.3 is 12.1 Å². The number of likely N-dealkylation sites (tertiary alicyclic amines) is 1. The molecule has 0 spiro atoms. The number of alkyl halides is 3. The van der Waals surface area contributed by atoms with Crippen molar-refractivity contribution in [1.29, 1.82) is 0 Å². The molecule has 0 aliphatic carbocycles. The van der Waals surface area contributed by atoms with Crippen LogP contribution in [0.15, 0.2) is 23.1 Å². The highest BCUT2D eigenvalue weighted by molar-refractivity contribution is 7.92. The topological polar surface area (TPSA) is 91.8 Å². The molecule has 156 valence electrons. The fourth-order valence-corrected chi connectivity index (χ4v) is 4.95. The van der Waals surface area contributed by atoms with Crippen molar-refractivity contribution in [2.24, 2.45) is 5.41 Å². The van der Waals surface area contributed by atoms with Gasteiger partial charge in [-0.3, -0.25) is 4.79 Å². The van der Waals surface area contributed by atoms with E-state index in [2.05, 4.69) is 0 Å². The first kappa shape index (κ1) is 22.1. The van der Waals surface area contributed by atoms with Crippen molar-refractivity contribution in [2.45, 2.75) is 49.6 Å². The zero-order valence-corrected chi connectivity index (χ0v) is 16.1. The number of benzene rings is 1. The number of carbonyl (C=O) groups is 2. The van der Waals surface area contributed by atoms with Gasteiger partial charge < -0.3 is 10.0 Å². The molecule has 1 saturated heterocycles. The summed E-state index contributed by atoms with van der Waals surface area (Å²) in [6, 6.07) is -0.308. The Morgan fingerprint density at radius 2 is 1.75 bits per heavy atom. The second-order valence-electron chi connectivity index (χ2n) is 7.60. The number of nitrogens with zero attached hydrogens (tertiary/aromatic N) is 1. The summed E-state index contributed by atoms with van der Waals surface area (Å²) in [6.45, 7) is 3.97. The maximum absolute atomic E-state index is 13.3. The molecule has 0 saturated carbocycles. The van der Waals surface area contributed by atoms with Crippen LogP contribution in [-0.4, -0.2) is 48.1 Å². The van der Waals surface area contributed by atoms with Crippen LogP contribution < -0.4 is 0 Å². The van der Waals surface area contributed by atoms with E-state index in [0.29, 0.717) is 12.1 Å². The Kier molecular flexibility index (Phi) is 5.54. The molecular weight excluding hydrogens is 406 g/mol. The Hall–Kier alpha value is -2.17. The molecule has 1 aliphatic heterocycles. The van der Waals surface area contributed by atoms with E-state index in [-0.39, 0.29) is 6.07 Å². The number of carbonyl (C=O) groups excluding carboxylic acids is 1. The third-order valence-electron chi connectivity index (χ3n) is 4.44. The van der Waals surface area contributed by atoms with E-state index in [4.69, 9.17) is 0 Å². The van der Waals surface area contributed by atoms with Crippen LogP contribution in [0, 0.1) is 11.2 Å². The molecule has 28 heavy (non-hydrogen) atoms. The van der Waals surface area contributed by atoms with E-state index >= 15 is 0 Å². The van der Waals surface area contributed by atoms with Crippen molar-refractivity contribution in [3.05, 3.63) is 29.6 Å². The third kappa shape index (κ3) is 4.13. The van der Waals surface area contributed by atoms with Crippen LogP contribution in [0.5, 0.6) is 0 Å². The first-order chi connectivity index (χ1) is 12.6. The lowest BCUT2D eigenvalue weighted by atomic mass is 9.94. The Morgan fingerprint density at radius 1 is 1.18 bits per heavy atom. The largest absolute Gasteiger partial charge is 0.480 e. The van der Waals surface area contributed by atoms with Crippen molar-refractivity contribution in [3.63, 3.8) is 0 Å². The first-order valence-electron chi connectivity index (χ1n) is 8.21.